The van der Waals surface area contributed by atoms with Gasteiger partial charge in [-0.25, -0.2) is 13.6 Å². The minimum atomic E-state index is -4.62. The summed E-state index contributed by atoms with van der Waals surface area (Å²) in [6.07, 6.45) is -7.90. The van der Waals surface area contributed by atoms with Crippen molar-refractivity contribution in [2.75, 3.05) is 16.8 Å². The molecule has 0 aromatic heterocycles. The molecular weight excluding hydrogens is 504 g/mol. The molecule has 196 valence electrons. The van der Waals surface area contributed by atoms with Crippen molar-refractivity contribution in [3.05, 3.63) is 83.9 Å². The maximum Gasteiger partial charge on any atom is 0.461 e. The predicted molar refractivity (Wildman–Crippen MR) is 125 cm³/mol. The van der Waals surface area contributed by atoms with Gasteiger partial charge in [-0.05, 0) is 67.1 Å². The normalized spacial score (nSPS) is 11.2. The summed E-state index contributed by atoms with van der Waals surface area (Å²) in [7, 11) is 0. The Kier molecular flexibility index (Phi) is 8.64. The Balaban J connectivity index is 1.68. The van der Waals surface area contributed by atoms with Gasteiger partial charge in [0.05, 0.1) is 0 Å². The molecule has 0 spiro atoms. The van der Waals surface area contributed by atoms with E-state index in [4.69, 9.17) is 0 Å². The van der Waals surface area contributed by atoms with Crippen molar-refractivity contribution in [3.63, 3.8) is 0 Å². The Hall–Kier alpha value is -4.22. The number of carbonyl (C=O) groups is 2. The Bertz CT molecular complexity index is 1220. The highest BCUT2D eigenvalue weighted by Gasteiger charge is 2.43. The summed E-state index contributed by atoms with van der Waals surface area (Å²) in [5.74, 6) is -3.92. The molecule has 0 saturated carbocycles. The molecule has 0 saturated heterocycles. The van der Waals surface area contributed by atoms with Gasteiger partial charge < -0.3 is 15.0 Å². The van der Waals surface area contributed by atoms with E-state index in [0.717, 1.165) is 30.3 Å². The second kappa shape index (κ2) is 11.7. The zero-order valence-electron chi connectivity index (χ0n) is 19.3. The van der Waals surface area contributed by atoms with Crippen LogP contribution in [-0.4, -0.2) is 31.0 Å². The number of alkyl halides is 4. The molecule has 0 aliphatic rings. The smallest absolute Gasteiger partial charge is 0.428 e. The first-order chi connectivity index (χ1) is 17.5. The fourth-order valence-corrected chi connectivity index (χ4v) is 3.29. The van der Waals surface area contributed by atoms with E-state index in [2.05, 4.69) is 10.1 Å². The number of carbonyl (C=O) groups excluding carboxylic acids is 2. The first-order valence-electron chi connectivity index (χ1n) is 10.9. The molecule has 37 heavy (non-hydrogen) atoms. The van der Waals surface area contributed by atoms with Crippen molar-refractivity contribution in [1.29, 1.82) is 0 Å². The third kappa shape index (κ3) is 6.93. The van der Waals surface area contributed by atoms with Crippen molar-refractivity contribution < 1.29 is 40.7 Å². The monoisotopic (exact) mass is 525 g/mol. The summed E-state index contributed by atoms with van der Waals surface area (Å²) < 4.78 is 82.5. The van der Waals surface area contributed by atoms with E-state index in [1.807, 2.05) is 17.1 Å². The highest BCUT2D eigenvalue weighted by molar-refractivity contribution is 6.08. The first kappa shape index (κ1) is 27.4. The van der Waals surface area contributed by atoms with Crippen LogP contribution in [0.15, 0.2) is 66.7 Å². The Morgan fingerprint density at radius 2 is 1.46 bits per heavy atom. The molecule has 0 radical (unpaired) electrons. The molecule has 0 atom stereocenters. The maximum absolute atomic E-state index is 13.7. The average molecular weight is 525 g/mol. The number of imide groups is 1. The molecule has 12 heteroatoms. The van der Waals surface area contributed by atoms with Gasteiger partial charge >= 0.3 is 18.6 Å². The summed E-state index contributed by atoms with van der Waals surface area (Å²) >= 11 is 0. The highest BCUT2D eigenvalue weighted by atomic mass is 19.3. The molecule has 0 heterocycles. The second-order valence-electron chi connectivity index (χ2n) is 7.66. The molecule has 0 fully saturated rings. The minimum Gasteiger partial charge on any atom is -0.428 e. The van der Waals surface area contributed by atoms with Gasteiger partial charge in [0.2, 0.25) is 0 Å². The van der Waals surface area contributed by atoms with Crippen LogP contribution >= 0.6 is 0 Å². The molecular formula is C25H21F6N3O3. The number of ether oxygens (including phenoxy) is 1. The third-order valence-electron chi connectivity index (χ3n) is 4.96. The van der Waals surface area contributed by atoms with Crippen LogP contribution in [0, 0.1) is 11.6 Å². The molecule has 0 bridgehead atoms. The molecule has 3 aromatic rings. The lowest BCUT2D eigenvalue weighted by molar-refractivity contribution is -0.253. The van der Waals surface area contributed by atoms with Crippen molar-refractivity contribution in [2.45, 2.75) is 25.9 Å². The minimum absolute atomic E-state index is 0.262. The van der Waals surface area contributed by atoms with E-state index in [1.165, 1.54) is 24.3 Å². The number of urea groups is 1. The maximum atomic E-state index is 13.7. The Morgan fingerprint density at radius 1 is 0.919 bits per heavy atom. The number of amides is 3. The van der Waals surface area contributed by atoms with Crippen molar-refractivity contribution in [3.8, 4) is 5.75 Å². The van der Waals surface area contributed by atoms with Crippen LogP contribution in [0.4, 0.5) is 48.2 Å². The van der Waals surface area contributed by atoms with Gasteiger partial charge in [-0.3, -0.25) is 10.1 Å². The molecule has 3 rings (SSSR count). The number of rotatable bonds is 9. The van der Waals surface area contributed by atoms with Gasteiger partial charge in [0.15, 0.2) is 0 Å². The fourth-order valence-electron chi connectivity index (χ4n) is 3.29. The molecule has 2 N–H and O–H groups in total. The topological polar surface area (TPSA) is 70.7 Å². The highest BCUT2D eigenvalue weighted by Crippen LogP contribution is 2.31. The van der Waals surface area contributed by atoms with Crippen molar-refractivity contribution >= 4 is 29.0 Å². The Morgan fingerprint density at radius 3 is 1.97 bits per heavy atom. The number of hydrogen-bond acceptors (Lipinski definition) is 4. The van der Waals surface area contributed by atoms with E-state index >= 15 is 0 Å². The fraction of sp³-hybridized carbons (Fsp3) is 0.200. The summed E-state index contributed by atoms with van der Waals surface area (Å²) in [6.45, 7) is 2.41. The van der Waals surface area contributed by atoms with E-state index in [0.29, 0.717) is 24.3 Å². The summed E-state index contributed by atoms with van der Waals surface area (Å²) in [5, 5.41) is 4.22. The van der Waals surface area contributed by atoms with Crippen LogP contribution in [0.3, 0.4) is 0 Å². The van der Waals surface area contributed by atoms with Crippen LogP contribution in [0.2, 0.25) is 0 Å². The van der Waals surface area contributed by atoms with Crippen LogP contribution in [0.5, 0.6) is 5.75 Å². The van der Waals surface area contributed by atoms with Crippen LogP contribution < -0.4 is 20.3 Å². The Labute approximate surface area is 207 Å². The van der Waals surface area contributed by atoms with Gasteiger partial charge in [0.1, 0.15) is 22.9 Å². The number of halogens is 6. The van der Waals surface area contributed by atoms with Gasteiger partial charge in [-0.15, -0.1) is 0 Å². The van der Waals surface area contributed by atoms with Gasteiger partial charge in [0, 0.05) is 23.6 Å². The lowest BCUT2D eigenvalue weighted by atomic mass is 10.2. The molecule has 3 aromatic carbocycles. The number of benzene rings is 3. The van der Waals surface area contributed by atoms with E-state index in [9.17, 15) is 35.9 Å². The largest absolute Gasteiger partial charge is 0.461 e. The number of anilines is 3. The van der Waals surface area contributed by atoms with Crippen molar-refractivity contribution in [1.82, 2.24) is 5.32 Å². The average Bonchev–Trinajstić information content (AvgIpc) is 2.83. The summed E-state index contributed by atoms with van der Waals surface area (Å²) in [5.41, 5.74) is 0.574. The molecule has 0 unspecified atom stereocenters. The van der Waals surface area contributed by atoms with E-state index in [1.54, 1.807) is 12.1 Å². The van der Waals surface area contributed by atoms with E-state index in [-0.39, 0.29) is 5.69 Å². The predicted octanol–water partition coefficient (Wildman–Crippen LogP) is 6.71. The first-order valence-corrected chi connectivity index (χ1v) is 10.9. The summed E-state index contributed by atoms with van der Waals surface area (Å²) in [6, 6.07) is 13.2. The van der Waals surface area contributed by atoms with Gasteiger partial charge in [0.25, 0.3) is 5.91 Å². The SMILES string of the molecule is CCCN(c1ccc(NC(=O)NC(=O)c2c(F)cccc2F)cc1)c1ccc(OC(F)(F)C(F)F)cc1. The molecule has 0 aliphatic carbocycles. The summed E-state index contributed by atoms with van der Waals surface area (Å²) in [4.78, 5) is 26.0. The second-order valence-corrected chi connectivity index (χ2v) is 7.66. The van der Waals surface area contributed by atoms with Crippen LogP contribution in [-0.2, 0) is 0 Å². The zero-order chi connectivity index (χ0) is 27.2. The number of nitrogens with one attached hydrogen (secondary N) is 2. The standard InChI is InChI=1S/C25H21F6N3O3/c1-2-14-34(17-10-12-18(13-11-17)37-25(30,31)23(28)29)16-8-6-15(7-9-16)32-24(36)33-22(35)21-19(26)4-3-5-20(21)27/h3-13,23H,2,14H2,1H3,(H2,32,33,35,36). The number of hydrogen-bond donors (Lipinski definition) is 2. The van der Waals surface area contributed by atoms with Crippen LogP contribution in [0.25, 0.3) is 0 Å². The van der Waals surface area contributed by atoms with Crippen LogP contribution in [0.1, 0.15) is 23.7 Å². The molecule has 6 nitrogen and oxygen atoms in total. The lowest BCUT2D eigenvalue weighted by Crippen LogP contribution is -2.35. The molecule has 0 aliphatic heterocycles. The van der Waals surface area contributed by atoms with E-state index < -0.39 is 47.4 Å². The van der Waals surface area contributed by atoms with Gasteiger partial charge in [-0.1, -0.05) is 13.0 Å². The zero-order valence-corrected chi connectivity index (χ0v) is 19.3. The molecule has 3 amide bonds. The third-order valence-corrected chi connectivity index (χ3v) is 4.96. The number of nitrogens with zero attached hydrogens (tertiary/aromatic N) is 1. The quantitative estimate of drug-likeness (QED) is 0.305. The van der Waals surface area contributed by atoms with Crippen molar-refractivity contribution in [2.24, 2.45) is 0 Å². The lowest BCUT2D eigenvalue weighted by Gasteiger charge is -2.25. The van der Waals surface area contributed by atoms with Gasteiger partial charge in [-0.2, -0.15) is 17.6 Å².